The molecule has 1 aromatic heterocycles. The van der Waals surface area contributed by atoms with Gasteiger partial charge in [-0.2, -0.15) is 0 Å². The largest absolute Gasteiger partial charge is 0.507 e. The van der Waals surface area contributed by atoms with Gasteiger partial charge < -0.3 is 14.9 Å². The van der Waals surface area contributed by atoms with Gasteiger partial charge in [-0.1, -0.05) is 19.0 Å². The van der Waals surface area contributed by atoms with Crippen LogP contribution in [0, 0.1) is 0 Å². The van der Waals surface area contributed by atoms with E-state index in [2.05, 4.69) is 26.4 Å². The van der Waals surface area contributed by atoms with Crippen molar-refractivity contribution in [1.29, 1.82) is 0 Å². The summed E-state index contributed by atoms with van der Waals surface area (Å²) in [5, 5.41) is 16.2. The third kappa shape index (κ3) is 3.39. The zero-order chi connectivity index (χ0) is 14.7. The maximum atomic E-state index is 11.9. The zero-order valence-corrected chi connectivity index (χ0v) is 12.8. The molecule has 0 aliphatic carbocycles. The molecule has 20 heavy (non-hydrogen) atoms. The number of nitrogens with one attached hydrogen (secondary N) is 1. The van der Waals surface area contributed by atoms with E-state index in [0.717, 1.165) is 5.69 Å². The van der Waals surface area contributed by atoms with E-state index >= 15 is 0 Å². The highest BCUT2D eigenvalue weighted by molar-refractivity contribution is 9.10. The van der Waals surface area contributed by atoms with Crippen LogP contribution in [0.2, 0.25) is 0 Å². The van der Waals surface area contributed by atoms with Crippen molar-refractivity contribution in [1.82, 2.24) is 10.5 Å². The first-order valence-electron chi connectivity index (χ1n) is 6.19. The van der Waals surface area contributed by atoms with Crippen LogP contribution in [0.4, 0.5) is 0 Å². The fraction of sp³-hybridized carbons (Fsp3) is 0.286. The maximum absolute atomic E-state index is 11.9. The molecule has 0 spiro atoms. The van der Waals surface area contributed by atoms with Gasteiger partial charge in [0.1, 0.15) is 5.75 Å². The van der Waals surface area contributed by atoms with Crippen molar-refractivity contribution in [2.24, 2.45) is 0 Å². The van der Waals surface area contributed by atoms with E-state index in [1.165, 1.54) is 6.07 Å². The van der Waals surface area contributed by atoms with E-state index in [1.54, 1.807) is 12.1 Å². The number of hydrogen-bond donors (Lipinski definition) is 2. The molecule has 0 aliphatic heterocycles. The first-order valence-corrected chi connectivity index (χ1v) is 6.99. The Labute approximate surface area is 125 Å². The van der Waals surface area contributed by atoms with Crippen LogP contribution in [0.1, 0.15) is 41.6 Å². The van der Waals surface area contributed by atoms with E-state index in [9.17, 15) is 9.90 Å². The highest BCUT2D eigenvalue weighted by atomic mass is 79.9. The molecule has 0 saturated carbocycles. The molecule has 0 atom stereocenters. The van der Waals surface area contributed by atoms with Gasteiger partial charge in [0.15, 0.2) is 5.76 Å². The Bertz CT molecular complexity index is 623. The maximum Gasteiger partial charge on any atom is 0.251 e. The van der Waals surface area contributed by atoms with E-state index in [4.69, 9.17) is 4.52 Å². The summed E-state index contributed by atoms with van der Waals surface area (Å²) in [4.78, 5) is 11.9. The van der Waals surface area contributed by atoms with Gasteiger partial charge in [-0.3, -0.25) is 4.79 Å². The smallest absolute Gasteiger partial charge is 0.251 e. The monoisotopic (exact) mass is 338 g/mol. The van der Waals surface area contributed by atoms with Crippen molar-refractivity contribution in [3.8, 4) is 5.75 Å². The third-order valence-corrected chi connectivity index (χ3v) is 3.47. The highest BCUT2D eigenvalue weighted by Crippen LogP contribution is 2.24. The number of benzene rings is 1. The molecular formula is C14H15BrN2O3. The fourth-order valence-electron chi connectivity index (χ4n) is 1.61. The normalized spacial score (nSPS) is 10.8. The lowest BCUT2D eigenvalue weighted by Crippen LogP contribution is -2.22. The zero-order valence-electron chi connectivity index (χ0n) is 11.2. The molecule has 2 rings (SSSR count). The second-order valence-electron chi connectivity index (χ2n) is 4.72. The Hall–Kier alpha value is -1.82. The Morgan fingerprint density at radius 3 is 2.80 bits per heavy atom. The van der Waals surface area contributed by atoms with Crippen LogP contribution >= 0.6 is 15.9 Å². The average molecular weight is 339 g/mol. The number of aromatic hydroxyl groups is 1. The van der Waals surface area contributed by atoms with Crippen molar-refractivity contribution in [2.45, 2.75) is 26.3 Å². The van der Waals surface area contributed by atoms with Gasteiger partial charge in [-0.05, 0) is 40.0 Å². The Kier molecular flexibility index (Phi) is 4.44. The predicted molar refractivity (Wildman–Crippen MR) is 77.6 cm³/mol. The third-order valence-electron chi connectivity index (χ3n) is 2.80. The minimum atomic E-state index is -0.282. The molecule has 2 aromatic rings. The minimum absolute atomic E-state index is 0.0272. The van der Waals surface area contributed by atoms with Gasteiger partial charge in [-0.15, -0.1) is 0 Å². The number of carbonyl (C=O) groups excluding carboxylic acids is 1. The van der Waals surface area contributed by atoms with Gasteiger partial charge >= 0.3 is 0 Å². The molecule has 106 valence electrons. The lowest BCUT2D eigenvalue weighted by Gasteiger charge is -2.04. The SMILES string of the molecule is CC(C)c1cc(CNC(=O)c2ccc(Br)c(O)c2)on1. The molecule has 0 bridgehead atoms. The van der Waals surface area contributed by atoms with Crippen LogP contribution in [0.5, 0.6) is 5.75 Å². The van der Waals surface area contributed by atoms with Gasteiger partial charge in [-0.25, -0.2) is 0 Å². The topological polar surface area (TPSA) is 75.4 Å². The van der Waals surface area contributed by atoms with Crippen molar-refractivity contribution >= 4 is 21.8 Å². The number of aromatic nitrogens is 1. The number of halogens is 1. The molecule has 1 heterocycles. The van der Waals surface area contributed by atoms with Crippen LogP contribution in [-0.2, 0) is 6.54 Å². The minimum Gasteiger partial charge on any atom is -0.507 e. The van der Waals surface area contributed by atoms with E-state index in [1.807, 2.05) is 19.9 Å². The molecule has 0 fully saturated rings. The number of carbonyl (C=O) groups is 1. The van der Waals surface area contributed by atoms with Crippen LogP contribution in [0.3, 0.4) is 0 Å². The molecular weight excluding hydrogens is 324 g/mol. The van der Waals surface area contributed by atoms with Gasteiger partial charge in [0, 0.05) is 11.6 Å². The van der Waals surface area contributed by atoms with Crippen molar-refractivity contribution in [2.75, 3.05) is 0 Å². The van der Waals surface area contributed by atoms with Gasteiger partial charge in [0.2, 0.25) is 0 Å². The summed E-state index contributed by atoms with van der Waals surface area (Å²) in [7, 11) is 0. The lowest BCUT2D eigenvalue weighted by molar-refractivity contribution is 0.0946. The van der Waals surface area contributed by atoms with E-state index in [0.29, 0.717) is 15.8 Å². The summed E-state index contributed by atoms with van der Waals surface area (Å²) in [6, 6.07) is 6.47. The second kappa shape index (κ2) is 6.09. The Morgan fingerprint density at radius 2 is 2.20 bits per heavy atom. The first kappa shape index (κ1) is 14.6. The molecule has 0 unspecified atom stereocenters. The number of phenolic OH excluding ortho intramolecular Hbond substituents is 1. The number of nitrogens with zero attached hydrogens (tertiary/aromatic N) is 1. The lowest BCUT2D eigenvalue weighted by atomic mass is 10.1. The summed E-state index contributed by atoms with van der Waals surface area (Å²) >= 11 is 3.17. The molecule has 0 saturated heterocycles. The highest BCUT2D eigenvalue weighted by Gasteiger charge is 2.11. The molecule has 0 radical (unpaired) electrons. The Morgan fingerprint density at radius 1 is 1.45 bits per heavy atom. The molecule has 5 nitrogen and oxygen atoms in total. The van der Waals surface area contributed by atoms with Crippen molar-refractivity contribution < 1.29 is 14.4 Å². The number of hydrogen-bond acceptors (Lipinski definition) is 4. The summed E-state index contributed by atoms with van der Waals surface area (Å²) in [5.41, 5.74) is 1.24. The summed E-state index contributed by atoms with van der Waals surface area (Å²) in [6.07, 6.45) is 0. The van der Waals surface area contributed by atoms with Crippen molar-refractivity contribution in [3.63, 3.8) is 0 Å². The van der Waals surface area contributed by atoms with Crippen molar-refractivity contribution in [3.05, 3.63) is 45.8 Å². The predicted octanol–water partition coefficient (Wildman–Crippen LogP) is 3.20. The number of rotatable bonds is 4. The van der Waals surface area contributed by atoms with Crippen LogP contribution in [0.15, 0.2) is 33.3 Å². The van der Waals surface area contributed by atoms with Gasteiger partial charge in [0.25, 0.3) is 5.91 Å². The Balaban J connectivity index is 1.99. The summed E-state index contributed by atoms with van der Waals surface area (Å²) in [5.74, 6) is 0.629. The quantitative estimate of drug-likeness (QED) is 0.897. The number of phenols is 1. The van der Waals surface area contributed by atoms with Crippen LogP contribution in [0.25, 0.3) is 0 Å². The summed E-state index contributed by atoms with van der Waals surface area (Å²) in [6.45, 7) is 4.30. The fourth-order valence-corrected chi connectivity index (χ4v) is 1.85. The second-order valence-corrected chi connectivity index (χ2v) is 5.58. The summed E-state index contributed by atoms with van der Waals surface area (Å²) < 4.78 is 5.68. The van der Waals surface area contributed by atoms with E-state index in [-0.39, 0.29) is 24.1 Å². The average Bonchev–Trinajstić information content (AvgIpc) is 2.88. The molecule has 2 N–H and O–H groups in total. The van der Waals surface area contributed by atoms with Crippen LogP contribution in [-0.4, -0.2) is 16.2 Å². The molecule has 1 amide bonds. The molecule has 1 aromatic carbocycles. The van der Waals surface area contributed by atoms with E-state index < -0.39 is 0 Å². The van der Waals surface area contributed by atoms with Gasteiger partial charge in [0.05, 0.1) is 16.7 Å². The number of amides is 1. The van der Waals surface area contributed by atoms with Crippen LogP contribution < -0.4 is 5.32 Å². The molecule has 0 aliphatic rings. The molecule has 6 heteroatoms. The first-order chi connectivity index (χ1) is 9.47. The standard InChI is InChI=1S/C14H15BrN2O3/c1-8(2)12-6-10(20-17-12)7-16-14(19)9-3-4-11(15)13(18)5-9/h3-6,8,18H,7H2,1-2H3,(H,16,19).